The topological polar surface area (TPSA) is 29.1 Å². The maximum Gasteiger partial charge on any atom is 0.301 e. The van der Waals surface area contributed by atoms with Crippen LogP contribution in [0, 0.1) is 17.0 Å². The second-order valence-corrected chi connectivity index (χ2v) is 13.3. The van der Waals surface area contributed by atoms with Crippen LogP contribution in [0.25, 0.3) is 0 Å². The van der Waals surface area contributed by atoms with Crippen LogP contribution in [0.4, 0.5) is 10.1 Å². The molecule has 1 N–H and O–H groups in total. The van der Waals surface area contributed by atoms with Crippen molar-refractivity contribution in [1.82, 2.24) is 0 Å². The Morgan fingerprint density at radius 3 is 2.71 bits per heavy atom. The molecule has 0 heterocycles. The second-order valence-electron chi connectivity index (χ2n) is 4.41. The minimum absolute atomic E-state index is 0.382. The lowest BCUT2D eigenvalue weighted by Gasteiger charge is -2.07. The van der Waals surface area contributed by atoms with Gasteiger partial charge in [0.25, 0.3) is 0 Å². The standard InChI is InChI=1S/C12H14FNOSSi/c1-17(2,3)16-8-7-12(15)14-11-6-4-5-10(13)9-11/h4-6,9H,1-3H3,(H,14,15). The molecule has 1 aromatic rings. The minimum atomic E-state index is -1.32. The van der Waals surface area contributed by atoms with Crippen LogP contribution >= 0.6 is 11.2 Å². The fourth-order valence-corrected chi connectivity index (χ4v) is 2.48. The number of benzene rings is 1. The number of nitrogens with one attached hydrogen (secondary N) is 1. The summed E-state index contributed by atoms with van der Waals surface area (Å²) in [7, 11) is -1.32. The quantitative estimate of drug-likeness (QED) is 0.658. The first kappa shape index (κ1) is 13.8. The van der Waals surface area contributed by atoms with Crippen molar-refractivity contribution in [1.29, 1.82) is 0 Å². The number of hydrogen-bond acceptors (Lipinski definition) is 2. The fraction of sp³-hybridized carbons (Fsp3) is 0.250. The van der Waals surface area contributed by atoms with E-state index >= 15 is 0 Å². The number of hydrogen-bond donors (Lipinski definition) is 1. The largest absolute Gasteiger partial charge is 0.315 e. The second kappa shape index (κ2) is 5.89. The van der Waals surface area contributed by atoms with E-state index in [4.69, 9.17) is 0 Å². The summed E-state index contributed by atoms with van der Waals surface area (Å²) in [5, 5.41) is 5.30. The van der Waals surface area contributed by atoms with Gasteiger partial charge in [-0.15, -0.1) is 11.2 Å². The van der Waals surface area contributed by atoms with Crippen molar-refractivity contribution in [2.75, 3.05) is 5.32 Å². The lowest BCUT2D eigenvalue weighted by atomic mass is 10.3. The highest BCUT2D eigenvalue weighted by molar-refractivity contribution is 8.32. The normalized spacial score (nSPS) is 10.4. The van der Waals surface area contributed by atoms with E-state index in [1.807, 2.05) is 0 Å². The zero-order valence-electron chi connectivity index (χ0n) is 10.0. The van der Waals surface area contributed by atoms with Gasteiger partial charge in [0, 0.05) is 11.6 Å². The summed E-state index contributed by atoms with van der Waals surface area (Å²) >= 11 is 1.52. The van der Waals surface area contributed by atoms with Gasteiger partial charge in [-0.3, -0.25) is 4.79 Å². The first-order chi connectivity index (χ1) is 7.87. The van der Waals surface area contributed by atoms with Gasteiger partial charge in [0.2, 0.25) is 0 Å². The molecular weight excluding hydrogens is 253 g/mol. The van der Waals surface area contributed by atoms with Crippen LogP contribution < -0.4 is 5.32 Å². The molecule has 0 aliphatic carbocycles. The molecule has 5 heteroatoms. The Kier molecular flexibility index (Phi) is 4.79. The highest BCUT2D eigenvalue weighted by Gasteiger charge is 2.11. The van der Waals surface area contributed by atoms with Gasteiger partial charge in [-0.05, 0) is 23.5 Å². The lowest BCUT2D eigenvalue weighted by Crippen LogP contribution is -2.13. The van der Waals surface area contributed by atoms with Crippen LogP contribution in [0.3, 0.4) is 0 Å². The Balaban J connectivity index is 2.56. The minimum Gasteiger partial charge on any atom is -0.315 e. The summed E-state index contributed by atoms with van der Waals surface area (Å²) < 4.78 is 12.8. The Bertz CT molecular complexity index is 473. The first-order valence-electron chi connectivity index (χ1n) is 5.12. The summed E-state index contributed by atoms with van der Waals surface area (Å²) in [6.45, 7) is 6.45. The van der Waals surface area contributed by atoms with Gasteiger partial charge in [0.1, 0.15) is 13.0 Å². The lowest BCUT2D eigenvalue weighted by molar-refractivity contribution is -0.111. The molecule has 2 nitrogen and oxygen atoms in total. The maximum absolute atomic E-state index is 12.8. The van der Waals surface area contributed by atoms with Crippen molar-refractivity contribution in [3.8, 4) is 11.2 Å². The third kappa shape index (κ3) is 6.14. The molecule has 0 atom stereocenters. The molecule has 0 fully saturated rings. The maximum atomic E-state index is 12.8. The van der Waals surface area contributed by atoms with Crippen molar-refractivity contribution < 1.29 is 9.18 Å². The van der Waals surface area contributed by atoms with Crippen LogP contribution in [-0.4, -0.2) is 13.1 Å². The van der Waals surface area contributed by atoms with E-state index in [0.29, 0.717) is 5.69 Å². The van der Waals surface area contributed by atoms with Crippen LogP contribution in [0.2, 0.25) is 19.6 Å². The molecule has 17 heavy (non-hydrogen) atoms. The molecule has 0 saturated heterocycles. The third-order valence-electron chi connectivity index (χ3n) is 1.60. The van der Waals surface area contributed by atoms with Crippen LogP contribution in [-0.2, 0) is 4.79 Å². The number of rotatable bonds is 2. The number of halogens is 1. The molecular formula is C12H14FNOSSi. The molecule has 0 bridgehead atoms. The van der Waals surface area contributed by atoms with Crippen LogP contribution in [0.15, 0.2) is 24.3 Å². The Labute approximate surface area is 106 Å². The van der Waals surface area contributed by atoms with E-state index in [0.717, 1.165) is 0 Å². The third-order valence-corrected chi connectivity index (χ3v) is 4.56. The number of anilines is 1. The summed E-state index contributed by atoms with van der Waals surface area (Å²) in [5.74, 6) is 1.68. The smallest absolute Gasteiger partial charge is 0.301 e. The summed E-state index contributed by atoms with van der Waals surface area (Å²) in [6.07, 6.45) is 0. The molecule has 1 amide bonds. The molecule has 0 aliphatic heterocycles. The predicted molar refractivity (Wildman–Crippen MR) is 73.7 cm³/mol. The van der Waals surface area contributed by atoms with E-state index in [1.54, 1.807) is 6.07 Å². The predicted octanol–water partition coefficient (Wildman–Crippen LogP) is 3.29. The van der Waals surface area contributed by atoms with Gasteiger partial charge in [-0.2, -0.15) is 0 Å². The summed E-state index contributed by atoms with van der Waals surface area (Å²) in [4.78, 5) is 11.4. The molecule has 0 aromatic heterocycles. The van der Waals surface area contributed by atoms with Gasteiger partial charge in [-0.25, -0.2) is 4.39 Å². The van der Waals surface area contributed by atoms with Gasteiger partial charge in [0.15, 0.2) is 0 Å². The fourth-order valence-electron chi connectivity index (χ4n) is 0.954. The molecule has 0 radical (unpaired) electrons. The molecule has 0 spiro atoms. The number of carbonyl (C=O) groups is 1. The number of amides is 1. The average Bonchev–Trinajstić information content (AvgIpc) is 2.15. The van der Waals surface area contributed by atoms with Crippen molar-refractivity contribution >= 4 is 30.0 Å². The van der Waals surface area contributed by atoms with E-state index in [1.165, 1.54) is 29.4 Å². The van der Waals surface area contributed by atoms with Crippen molar-refractivity contribution in [3.05, 3.63) is 30.1 Å². The zero-order chi connectivity index (χ0) is 12.9. The monoisotopic (exact) mass is 267 g/mol. The SMILES string of the molecule is C[Si](C)(C)SC#CC(=O)Nc1cccc(F)c1. The van der Waals surface area contributed by atoms with Crippen molar-refractivity contribution in [3.63, 3.8) is 0 Å². The number of carbonyl (C=O) groups excluding carboxylic acids is 1. The van der Waals surface area contributed by atoms with Crippen LogP contribution in [0.1, 0.15) is 0 Å². The van der Waals surface area contributed by atoms with Crippen molar-refractivity contribution in [2.45, 2.75) is 19.6 Å². The molecule has 0 aliphatic rings. The molecule has 1 aromatic carbocycles. The molecule has 0 unspecified atom stereocenters. The van der Waals surface area contributed by atoms with Gasteiger partial charge >= 0.3 is 5.91 Å². The van der Waals surface area contributed by atoms with E-state index < -0.39 is 13.1 Å². The first-order valence-corrected chi connectivity index (χ1v) is 10.2. The van der Waals surface area contributed by atoms with E-state index in [-0.39, 0.29) is 5.82 Å². The highest BCUT2D eigenvalue weighted by atomic mass is 32.4. The highest BCUT2D eigenvalue weighted by Crippen LogP contribution is 2.17. The Hall–Kier alpha value is -1.25. The molecule has 1 rings (SSSR count). The summed E-state index contributed by atoms with van der Waals surface area (Å²) in [6, 6.07) is 5.73. The molecule has 0 saturated carbocycles. The van der Waals surface area contributed by atoms with Crippen molar-refractivity contribution in [2.24, 2.45) is 0 Å². The van der Waals surface area contributed by atoms with E-state index in [2.05, 4.69) is 36.1 Å². The van der Waals surface area contributed by atoms with Gasteiger partial charge in [0.05, 0.1) is 0 Å². The Morgan fingerprint density at radius 1 is 1.41 bits per heavy atom. The van der Waals surface area contributed by atoms with E-state index in [9.17, 15) is 9.18 Å². The van der Waals surface area contributed by atoms with Gasteiger partial charge in [-0.1, -0.05) is 25.7 Å². The molecule has 90 valence electrons. The van der Waals surface area contributed by atoms with Gasteiger partial charge < -0.3 is 5.32 Å². The summed E-state index contributed by atoms with van der Waals surface area (Å²) in [5.41, 5.74) is 0.419. The Morgan fingerprint density at radius 2 is 2.12 bits per heavy atom. The zero-order valence-corrected chi connectivity index (χ0v) is 11.8. The van der Waals surface area contributed by atoms with Crippen LogP contribution in [0.5, 0.6) is 0 Å². The average molecular weight is 267 g/mol.